The van der Waals surface area contributed by atoms with E-state index in [0.29, 0.717) is 6.54 Å². The lowest BCUT2D eigenvalue weighted by molar-refractivity contribution is -0.117. The Balaban J connectivity index is 1.32. The van der Waals surface area contributed by atoms with Crippen LogP contribution in [0.1, 0.15) is 40.2 Å². The Morgan fingerprint density at radius 1 is 0.939 bits per heavy atom. The Labute approximate surface area is 195 Å². The highest BCUT2D eigenvalue weighted by molar-refractivity contribution is 5.96. The van der Waals surface area contributed by atoms with Crippen molar-refractivity contribution >= 4 is 17.5 Å². The largest absolute Gasteiger partial charge is 0.349 e. The lowest BCUT2D eigenvalue weighted by Gasteiger charge is -2.31. The molecule has 0 radical (unpaired) electrons. The van der Waals surface area contributed by atoms with E-state index in [2.05, 4.69) is 39.2 Å². The first-order valence-electron chi connectivity index (χ1n) is 11.6. The molecule has 3 aromatic rings. The van der Waals surface area contributed by atoms with Crippen molar-refractivity contribution in [2.45, 2.75) is 39.7 Å². The maximum absolute atomic E-state index is 13.1. The molecular formula is C27H32N4O2. The van der Waals surface area contributed by atoms with E-state index < -0.39 is 0 Å². The molecule has 33 heavy (non-hydrogen) atoms. The zero-order chi connectivity index (χ0) is 23.4. The highest BCUT2D eigenvalue weighted by Gasteiger charge is 2.24. The molecule has 0 saturated carbocycles. The second kappa shape index (κ2) is 10.0. The SMILES string of the molecule is Cc1ccccc1-n1c(C)cc(C(=O)NC2CCN(CC(=O)Nc3ccccc3)CC2)c1C. The predicted molar refractivity (Wildman–Crippen MR) is 132 cm³/mol. The van der Waals surface area contributed by atoms with Crippen LogP contribution in [0.25, 0.3) is 5.69 Å². The van der Waals surface area contributed by atoms with Crippen LogP contribution in [-0.4, -0.2) is 47.0 Å². The molecule has 172 valence electrons. The number of piperidine rings is 1. The summed E-state index contributed by atoms with van der Waals surface area (Å²) in [6, 6.07) is 19.8. The van der Waals surface area contributed by atoms with Crippen LogP contribution in [0.15, 0.2) is 60.7 Å². The average molecular weight is 445 g/mol. The van der Waals surface area contributed by atoms with E-state index in [1.165, 1.54) is 5.56 Å². The molecule has 1 fully saturated rings. The smallest absolute Gasteiger partial charge is 0.253 e. The number of aromatic nitrogens is 1. The van der Waals surface area contributed by atoms with Crippen molar-refractivity contribution in [2.75, 3.05) is 25.0 Å². The van der Waals surface area contributed by atoms with E-state index in [0.717, 1.165) is 54.3 Å². The van der Waals surface area contributed by atoms with Crippen LogP contribution in [0, 0.1) is 20.8 Å². The summed E-state index contributed by atoms with van der Waals surface area (Å²) in [5, 5.41) is 6.15. The van der Waals surface area contributed by atoms with Gasteiger partial charge in [-0.3, -0.25) is 14.5 Å². The average Bonchev–Trinajstić information content (AvgIpc) is 3.10. The van der Waals surface area contributed by atoms with Gasteiger partial charge in [-0.05, 0) is 63.4 Å². The van der Waals surface area contributed by atoms with Crippen LogP contribution in [0.2, 0.25) is 0 Å². The van der Waals surface area contributed by atoms with Crippen molar-refractivity contribution in [3.63, 3.8) is 0 Å². The van der Waals surface area contributed by atoms with Crippen LogP contribution < -0.4 is 10.6 Å². The zero-order valence-electron chi connectivity index (χ0n) is 19.6. The molecule has 0 aliphatic carbocycles. The van der Waals surface area contributed by atoms with Crippen LogP contribution in [0.3, 0.4) is 0 Å². The second-order valence-electron chi connectivity index (χ2n) is 8.84. The fraction of sp³-hybridized carbons (Fsp3) is 0.333. The number of carbonyl (C=O) groups excluding carboxylic acids is 2. The van der Waals surface area contributed by atoms with Gasteiger partial charge in [-0.15, -0.1) is 0 Å². The summed E-state index contributed by atoms with van der Waals surface area (Å²) in [7, 11) is 0. The molecule has 1 saturated heterocycles. The van der Waals surface area contributed by atoms with E-state index in [1.54, 1.807) is 0 Å². The molecular weight excluding hydrogens is 412 g/mol. The van der Waals surface area contributed by atoms with Crippen molar-refractivity contribution in [3.05, 3.63) is 83.2 Å². The Bertz CT molecular complexity index is 1130. The predicted octanol–water partition coefficient (Wildman–Crippen LogP) is 4.24. The van der Waals surface area contributed by atoms with Crippen LogP contribution in [-0.2, 0) is 4.79 Å². The Morgan fingerprint density at radius 3 is 2.30 bits per heavy atom. The molecule has 0 bridgehead atoms. The Hall–Kier alpha value is -3.38. The maximum Gasteiger partial charge on any atom is 0.253 e. The van der Waals surface area contributed by atoms with Gasteiger partial charge in [0.15, 0.2) is 0 Å². The van der Waals surface area contributed by atoms with Crippen LogP contribution in [0.5, 0.6) is 0 Å². The highest BCUT2D eigenvalue weighted by Crippen LogP contribution is 2.23. The van der Waals surface area contributed by atoms with Gasteiger partial charge in [0.2, 0.25) is 5.91 Å². The maximum atomic E-state index is 13.1. The molecule has 2 amide bonds. The number of aryl methyl sites for hydroxylation is 2. The van der Waals surface area contributed by atoms with Gasteiger partial charge in [0.25, 0.3) is 5.91 Å². The fourth-order valence-electron chi connectivity index (χ4n) is 4.60. The first-order chi connectivity index (χ1) is 15.9. The molecule has 6 heteroatoms. The lowest BCUT2D eigenvalue weighted by atomic mass is 10.0. The summed E-state index contributed by atoms with van der Waals surface area (Å²) in [4.78, 5) is 27.5. The topological polar surface area (TPSA) is 66.4 Å². The number of nitrogens with one attached hydrogen (secondary N) is 2. The molecule has 4 rings (SSSR count). The number of hydrogen-bond donors (Lipinski definition) is 2. The quantitative estimate of drug-likeness (QED) is 0.598. The van der Waals surface area contributed by atoms with Gasteiger partial charge in [-0.25, -0.2) is 0 Å². The number of carbonyl (C=O) groups is 2. The molecule has 1 aliphatic rings. The number of para-hydroxylation sites is 2. The van der Waals surface area contributed by atoms with Crippen LogP contribution >= 0.6 is 0 Å². The van der Waals surface area contributed by atoms with E-state index in [9.17, 15) is 9.59 Å². The Morgan fingerprint density at radius 2 is 1.61 bits per heavy atom. The van der Waals surface area contributed by atoms with Crippen molar-refractivity contribution in [1.29, 1.82) is 0 Å². The number of hydrogen-bond acceptors (Lipinski definition) is 3. The number of rotatable bonds is 6. The number of benzene rings is 2. The van der Waals surface area contributed by atoms with Crippen molar-refractivity contribution in [2.24, 2.45) is 0 Å². The molecule has 1 aliphatic heterocycles. The molecule has 0 unspecified atom stereocenters. The summed E-state index contributed by atoms with van der Waals surface area (Å²) in [5.41, 5.74) is 5.82. The summed E-state index contributed by atoms with van der Waals surface area (Å²) in [6.45, 7) is 8.07. The van der Waals surface area contributed by atoms with Crippen molar-refractivity contribution in [1.82, 2.24) is 14.8 Å². The molecule has 0 atom stereocenters. The van der Waals surface area contributed by atoms with Gasteiger partial charge >= 0.3 is 0 Å². The number of likely N-dealkylation sites (tertiary alicyclic amines) is 1. The minimum absolute atomic E-state index is 0.00710. The zero-order valence-corrected chi connectivity index (χ0v) is 19.6. The van der Waals surface area contributed by atoms with Crippen molar-refractivity contribution < 1.29 is 9.59 Å². The number of nitrogens with zero attached hydrogens (tertiary/aromatic N) is 2. The minimum Gasteiger partial charge on any atom is -0.349 e. The van der Waals surface area contributed by atoms with Gasteiger partial charge in [-0.1, -0.05) is 36.4 Å². The molecule has 2 N–H and O–H groups in total. The monoisotopic (exact) mass is 444 g/mol. The lowest BCUT2D eigenvalue weighted by Crippen LogP contribution is -2.46. The molecule has 1 aromatic heterocycles. The van der Waals surface area contributed by atoms with Gasteiger partial charge < -0.3 is 15.2 Å². The third kappa shape index (κ3) is 5.34. The first kappa shape index (κ1) is 22.8. The minimum atomic E-state index is -0.0248. The number of anilines is 1. The van der Waals surface area contributed by atoms with E-state index in [-0.39, 0.29) is 17.9 Å². The normalized spacial score (nSPS) is 14.8. The fourth-order valence-corrected chi connectivity index (χ4v) is 4.60. The summed E-state index contributed by atoms with van der Waals surface area (Å²) in [6.07, 6.45) is 1.67. The van der Waals surface area contributed by atoms with E-state index in [4.69, 9.17) is 0 Å². The Kier molecular flexibility index (Phi) is 6.94. The second-order valence-corrected chi connectivity index (χ2v) is 8.84. The van der Waals surface area contributed by atoms with E-state index in [1.807, 2.05) is 62.4 Å². The third-order valence-corrected chi connectivity index (χ3v) is 6.38. The summed E-state index contributed by atoms with van der Waals surface area (Å²) >= 11 is 0. The van der Waals surface area contributed by atoms with Crippen LogP contribution in [0.4, 0.5) is 5.69 Å². The molecule has 2 aromatic carbocycles. The van der Waals surface area contributed by atoms with E-state index >= 15 is 0 Å². The molecule has 2 heterocycles. The standard InChI is InChI=1S/C27H32N4O2/c1-19-9-7-8-12-25(19)31-20(2)17-24(21(31)3)27(33)29-23-13-15-30(16-14-23)18-26(32)28-22-10-5-4-6-11-22/h4-12,17,23H,13-16,18H2,1-3H3,(H,28,32)(H,29,33). The summed E-state index contributed by atoms with van der Waals surface area (Å²) in [5.74, 6) is -0.0319. The third-order valence-electron chi connectivity index (χ3n) is 6.38. The van der Waals surface area contributed by atoms with Gasteiger partial charge in [-0.2, -0.15) is 0 Å². The number of amides is 2. The summed E-state index contributed by atoms with van der Waals surface area (Å²) < 4.78 is 2.15. The van der Waals surface area contributed by atoms with Gasteiger partial charge in [0, 0.05) is 41.9 Å². The molecule has 0 spiro atoms. The van der Waals surface area contributed by atoms with Crippen molar-refractivity contribution in [3.8, 4) is 5.69 Å². The van der Waals surface area contributed by atoms with Gasteiger partial charge in [0.05, 0.1) is 12.1 Å². The molecule has 6 nitrogen and oxygen atoms in total. The first-order valence-corrected chi connectivity index (χ1v) is 11.6. The van der Waals surface area contributed by atoms with Gasteiger partial charge in [0.1, 0.15) is 0 Å². The highest BCUT2D eigenvalue weighted by atomic mass is 16.2.